The van der Waals surface area contributed by atoms with Crippen molar-refractivity contribution >= 4 is 44.9 Å². The average Bonchev–Trinajstić information content (AvgIpc) is 2.12. The third-order valence-electron chi connectivity index (χ3n) is 0.949. The molecule has 1 aliphatic heterocycles. The fourth-order valence-corrected chi connectivity index (χ4v) is 1.73. The van der Waals surface area contributed by atoms with Crippen molar-refractivity contribution in [3.05, 3.63) is 0 Å². The van der Waals surface area contributed by atoms with E-state index in [9.17, 15) is 4.79 Å². The van der Waals surface area contributed by atoms with Gasteiger partial charge in [-0.1, -0.05) is 0 Å². The molecule has 0 atom stereocenters. The van der Waals surface area contributed by atoms with Crippen molar-refractivity contribution in [2.45, 2.75) is 0 Å². The molecule has 0 saturated carbocycles. The Balaban J connectivity index is 2.70. The van der Waals surface area contributed by atoms with Crippen LogP contribution < -0.4 is 0 Å². The molecule has 8 heteroatoms. The van der Waals surface area contributed by atoms with Crippen LogP contribution in [-0.4, -0.2) is 24.3 Å². The summed E-state index contributed by atoms with van der Waals surface area (Å²) < 4.78 is 4.55. The van der Waals surface area contributed by atoms with Gasteiger partial charge < -0.3 is 4.74 Å². The Kier molecular flexibility index (Phi) is 2.92. The summed E-state index contributed by atoms with van der Waals surface area (Å²) in [5.74, 6) is 0. The number of hydrogen-bond donors (Lipinski definition) is 0. The molecule has 64 valence electrons. The van der Waals surface area contributed by atoms with E-state index in [4.69, 9.17) is 33.7 Å². The Morgan fingerprint density at radius 1 is 1.55 bits per heavy atom. The van der Waals surface area contributed by atoms with Gasteiger partial charge in [-0.25, -0.2) is 4.79 Å². The summed E-state index contributed by atoms with van der Waals surface area (Å²) in [5, 5.41) is -1.81. The lowest BCUT2D eigenvalue weighted by Gasteiger charge is -2.06. The van der Waals surface area contributed by atoms with Crippen molar-refractivity contribution in [3.63, 3.8) is 0 Å². The smallest absolute Gasteiger partial charge is 0.430 e. The van der Waals surface area contributed by atoms with Crippen molar-refractivity contribution in [2.24, 2.45) is 4.85 Å². The normalized spacial score (nSPS) is 18.5. The monoisotopic (exact) mass is 236 g/mol. The van der Waals surface area contributed by atoms with Crippen LogP contribution in [0.4, 0.5) is 4.79 Å². The Morgan fingerprint density at radius 2 is 2.18 bits per heavy atom. The van der Waals surface area contributed by atoms with Crippen LogP contribution in [-0.2, 0) is 4.74 Å². The van der Waals surface area contributed by atoms with Crippen molar-refractivity contribution in [2.75, 3.05) is 13.2 Å². The van der Waals surface area contributed by atoms with Gasteiger partial charge in [0, 0.05) is 0 Å². The van der Waals surface area contributed by atoms with Gasteiger partial charge in [0.15, 0.2) is 0 Å². The molecule has 1 amide bonds. The van der Waals surface area contributed by atoms with E-state index in [2.05, 4.69) is 9.59 Å². The standard InChI is InChI=1S/C3H4Cl3N2O2P/c4-11(5,6)7-8-1-2-10-3(8)9/h1-2H2. The molecule has 1 aliphatic rings. The van der Waals surface area contributed by atoms with Crippen molar-refractivity contribution in [3.8, 4) is 0 Å². The van der Waals surface area contributed by atoms with E-state index in [0.29, 0.717) is 13.2 Å². The number of hydrogen-bond acceptors (Lipinski definition) is 3. The summed E-state index contributed by atoms with van der Waals surface area (Å²) in [5.41, 5.74) is 0. The second kappa shape index (κ2) is 3.40. The highest BCUT2D eigenvalue weighted by Gasteiger charge is 2.23. The molecule has 0 aromatic carbocycles. The zero-order valence-corrected chi connectivity index (χ0v) is 8.37. The van der Waals surface area contributed by atoms with E-state index in [1.165, 1.54) is 0 Å². The molecule has 1 heterocycles. The first-order chi connectivity index (χ1) is 4.99. The predicted octanol–water partition coefficient (Wildman–Crippen LogP) is 3.02. The van der Waals surface area contributed by atoms with Gasteiger partial charge in [0.1, 0.15) is 6.61 Å². The van der Waals surface area contributed by atoms with Crippen LogP contribution in [0, 0.1) is 0 Å². The van der Waals surface area contributed by atoms with Gasteiger partial charge in [0.25, 0.3) is 0 Å². The largest absolute Gasteiger partial charge is 0.446 e. The van der Waals surface area contributed by atoms with Gasteiger partial charge in [-0.15, -0.1) is 4.85 Å². The Labute approximate surface area is 77.7 Å². The Bertz CT molecular complexity index is 218. The lowest BCUT2D eigenvalue weighted by molar-refractivity contribution is 0.160. The summed E-state index contributed by atoms with van der Waals surface area (Å²) >= 11 is 16.2. The number of halogens is 3. The van der Waals surface area contributed by atoms with Crippen LogP contribution in [0.3, 0.4) is 0 Å². The molecule has 0 aliphatic carbocycles. The van der Waals surface area contributed by atoms with E-state index in [-0.39, 0.29) is 0 Å². The predicted molar refractivity (Wildman–Crippen MR) is 45.0 cm³/mol. The van der Waals surface area contributed by atoms with E-state index >= 15 is 0 Å². The van der Waals surface area contributed by atoms with Crippen LogP contribution in [0.5, 0.6) is 0 Å². The highest BCUT2D eigenvalue weighted by molar-refractivity contribution is 8.26. The fraction of sp³-hybridized carbons (Fsp3) is 0.667. The summed E-state index contributed by atoms with van der Waals surface area (Å²) in [7, 11) is 0. The number of nitrogens with zero attached hydrogens (tertiary/aromatic N) is 2. The number of carbonyl (C=O) groups is 1. The average molecular weight is 237 g/mol. The van der Waals surface area contributed by atoms with Crippen LogP contribution in [0.25, 0.3) is 0 Å². The summed E-state index contributed by atoms with van der Waals surface area (Å²) in [6, 6.07) is 0. The first-order valence-electron chi connectivity index (χ1n) is 2.64. The Hall–Kier alpha value is 0.370. The van der Waals surface area contributed by atoms with E-state index in [0.717, 1.165) is 5.01 Å². The molecule has 1 saturated heterocycles. The molecule has 11 heavy (non-hydrogen) atoms. The zero-order chi connectivity index (χ0) is 8.48. The quantitative estimate of drug-likeness (QED) is 0.658. The number of amides is 1. The first-order valence-corrected chi connectivity index (χ1v) is 7.10. The van der Waals surface area contributed by atoms with Crippen LogP contribution in [0.2, 0.25) is 0 Å². The number of rotatable bonds is 1. The zero-order valence-electron chi connectivity index (χ0n) is 5.21. The third-order valence-corrected chi connectivity index (χ3v) is 1.98. The molecule has 1 rings (SSSR count). The van der Waals surface area contributed by atoms with Crippen molar-refractivity contribution < 1.29 is 9.53 Å². The molecule has 0 radical (unpaired) electrons. The van der Waals surface area contributed by atoms with E-state index < -0.39 is 11.2 Å². The van der Waals surface area contributed by atoms with E-state index in [1.54, 1.807) is 0 Å². The summed E-state index contributed by atoms with van der Waals surface area (Å²) in [6.45, 7) is 0.653. The summed E-state index contributed by atoms with van der Waals surface area (Å²) in [4.78, 5) is 14.3. The number of cyclic esters (lactones) is 1. The highest BCUT2D eigenvalue weighted by Crippen LogP contribution is 2.65. The lowest BCUT2D eigenvalue weighted by Crippen LogP contribution is -2.15. The van der Waals surface area contributed by atoms with Crippen LogP contribution in [0.1, 0.15) is 0 Å². The maximum atomic E-state index is 10.7. The molecular weight excluding hydrogens is 233 g/mol. The SMILES string of the molecule is O=C1OCCN1N=P(Cl)(Cl)Cl. The van der Waals surface area contributed by atoms with Crippen LogP contribution >= 0.6 is 38.8 Å². The molecule has 0 N–H and O–H groups in total. The van der Waals surface area contributed by atoms with E-state index in [1.807, 2.05) is 0 Å². The molecule has 4 nitrogen and oxygen atoms in total. The molecule has 0 bridgehead atoms. The molecule has 0 aromatic heterocycles. The van der Waals surface area contributed by atoms with Crippen molar-refractivity contribution in [1.82, 2.24) is 5.01 Å². The number of ether oxygens (including phenoxy) is 1. The molecule has 0 aromatic rings. The minimum atomic E-state index is -2.84. The minimum Gasteiger partial charge on any atom is -0.446 e. The maximum Gasteiger partial charge on any atom is 0.430 e. The second-order valence-corrected chi connectivity index (χ2v) is 8.72. The topological polar surface area (TPSA) is 41.9 Å². The maximum absolute atomic E-state index is 10.7. The van der Waals surface area contributed by atoms with Gasteiger partial charge in [-0.3, -0.25) is 0 Å². The number of carbonyl (C=O) groups excluding carboxylic acids is 1. The molecular formula is C3H4Cl3N2O2P. The van der Waals surface area contributed by atoms with Gasteiger partial charge in [-0.05, 0) is 33.7 Å². The molecule has 0 unspecified atom stereocenters. The molecule has 1 fully saturated rings. The van der Waals surface area contributed by atoms with Gasteiger partial charge in [-0.2, -0.15) is 5.01 Å². The van der Waals surface area contributed by atoms with Crippen LogP contribution in [0.15, 0.2) is 4.85 Å². The first kappa shape index (κ1) is 9.46. The molecule has 0 spiro atoms. The third kappa shape index (κ3) is 3.08. The fourth-order valence-electron chi connectivity index (χ4n) is 0.589. The van der Waals surface area contributed by atoms with Gasteiger partial charge >= 0.3 is 6.09 Å². The van der Waals surface area contributed by atoms with Crippen molar-refractivity contribution in [1.29, 1.82) is 0 Å². The Morgan fingerprint density at radius 3 is 2.55 bits per heavy atom. The summed E-state index contributed by atoms with van der Waals surface area (Å²) in [6.07, 6.45) is -0.559. The van der Waals surface area contributed by atoms with Gasteiger partial charge in [0.05, 0.1) is 6.54 Å². The highest BCUT2D eigenvalue weighted by atomic mass is 36.0. The second-order valence-electron chi connectivity index (χ2n) is 1.75. The minimum absolute atomic E-state index is 0.299. The van der Waals surface area contributed by atoms with Gasteiger partial charge in [0.2, 0.25) is 5.11 Å². The lowest BCUT2D eigenvalue weighted by atomic mass is 10.7.